The molecular formula is C11H21N3O2S. The zero-order valence-electron chi connectivity index (χ0n) is 10.5. The van der Waals surface area contributed by atoms with E-state index >= 15 is 0 Å². The maximum Gasteiger partial charge on any atom is 0.232 e. The SMILES string of the molecule is CN(C)C[C@@H]1CCN(C(=O)CSCC(N)=O)C1. The number of hydrogen-bond acceptors (Lipinski definition) is 4. The van der Waals surface area contributed by atoms with Crippen LogP contribution < -0.4 is 5.73 Å². The predicted octanol–water partition coefficient (Wildman–Crippen LogP) is -0.385. The smallest absolute Gasteiger partial charge is 0.232 e. The van der Waals surface area contributed by atoms with Crippen LogP contribution in [0.4, 0.5) is 0 Å². The number of hydrogen-bond donors (Lipinski definition) is 1. The second-order valence-corrected chi connectivity index (χ2v) is 5.70. The lowest BCUT2D eigenvalue weighted by Gasteiger charge is -2.18. The molecule has 0 unspecified atom stereocenters. The Hall–Kier alpha value is -0.750. The lowest BCUT2D eigenvalue weighted by Crippen LogP contribution is -2.32. The highest BCUT2D eigenvalue weighted by Crippen LogP contribution is 2.17. The normalized spacial score (nSPS) is 19.9. The number of thioether (sulfide) groups is 1. The molecule has 1 aliphatic rings. The molecule has 1 heterocycles. The van der Waals surface area contributed by atoms with E-state index in [1.807, 2.05) is 19.0 Å². The third-order valence-corrected chi connectivity index (χ3v) is 3.67. The van der Waals surface area contributed by atoms with Gasteiger partial charge < -0.3 is 15.5 Å². The first-order valence-electron chi connectivity index (χ1n) is 5.77. The largest absolute Gasteiger partial charge is 0.369 e. The number of likely N-dealkylation sites (tertiary alicyclic amines) is 1. The topological polar surface area (TPSA) is 66.6 Å². The summed E-state index contributed by atoms with van der Waals surface area (Å²) >= 11 is 1.30. The minimum Gasteiger partial charge on any atom is -0.369 e. The van der Waals surface area contributed by atoms with Crippen molar-refractivity contribution in [3.05, 3.63) is 0 Å². The van der Waals surface area contributed by atoms with Gasteiger partial charge in [-0.25, -0.2) is 0 Å². The quantitative estimate of drug-likeness (QED) is 0.706. The van der Waals surface area contributed by atoms with Crippen molar-refractivity contribution in [3.8, 4) is 0 Å². The Balaban J connectivity index is 2.23. The number of primary amides is 1. The van der Waals surface area contributed by atoms with E-state index in [-0.39, 0.29) is 17.6 Å². The fourth-order valence-corrected chi connectivity index (χ4v) is 2.72. The summed E-state index contributed by atoms with van der Waals surface area (Å²) in [4.78, 5) is 26.4. The molecule has 0 aromatic rings. The van der Waals surface area contributed by atoms with E-state index < -0.39 is 0 Å². The summed E-state index contributed by atoms with van der Waals surface area (Å²) in [6, 6.07) is 0. The molecule has 0 aromatic heterocycles. The van der Waals surface area contributed by atoms with Gasteiger partial charge in [0.25, 0.3) is 0 Å². The molecule has 98 valence electrons. The van der Waals surface area contributed by atoms with Crippen molar-refractivity contribution in [3.63, 3.8) is 0 Å². The van der Waals surface area contributed by atoms with Crippen molar-refractivity contribution >= 4 is 23.6 Å². The molecule has 0 aliphatic carbocycles. The Bertz CT molecular complexity index is 284. The van der Waals surface area contributed by atoms with E-state index in [1.54, 1.807) is 0 Å². The first-order valence-corrected chi connectivity index (χ1v) is 6.93. The summed E-state index contributed by atoms with van der Waals surface area (Å²) in [5.74, 6) is 0.917. The van der Waals surface area contributed by atoms with Gasteiger partial charge in [0.05, 0.1) is 11.5 Å². The van der Waals surface area contributed by atoms with Crippen LogP contribution in [0.25, 0.3) is 0 Å². The van der Waals surface area contributed by atoms with Gasteiger partial charge in [0.15, 0.2) is 0 Å². The van der Waals surface area contributed by atoms with Crippen LogP contribution in [-0.4, -0.2) is 66.8 Å². The maximum absolute atomic E-state index is 11.8. The molecular weight excluding hydrogens is 238 g/mol. The molecule has 1 atom stereocenters. The Morgan fingerprint density at radius 2 is 2.12 bits per heavy atom. The van der Waals surface area contributed by atoms with Crippen LogP contribution in [0.2, 0.25) is 0 Å². The lowest BCUT2D eigenvalue weighted by atomic mass is 10.1. The van der Waals surface area contributed by atoms with Crippen molar-refractivity contribution in [1.29, 1.82) is 0 Å². The van der Waals surface area contributed by atoms with Gasteiger partial charge in [0.1, 0.15) is 0 Å². The molecule has 17 heavy (non-hydrogen) atoms. The number of rotatable bonds is 6. The number of nitrogens with zero attached hydrogens (tertiary/aromatic N) is 2. The van der Waals surface area contributed by atoms with Gasteiger partial charge in [-0.3, -0.25) is 9.59 Å². The third-order valence-electron chi connectivity index (χ3n) is 2.73. The van der Waals surface area contributed by atoms with E-state index in [9.17, 15) is 9.59 Å². The molecule has 0 saturated carbocycles. The van der Waals surface area contributed by atoms with Crippen molar-refractivity contribution in [2.45, 2.75) is 6.42 Å². The van der Waals surface area contributed by atoms with Crippen LogP contribution in [-0.2, 0) is 9.59 Å². The molecule has 0 radical (unpaired) electrons. The van der Waals surface area contributed by atoms with Crippen LogP contribution in [0.5, 0.6) is 0 Å². The summed E-state index contributed by atoms with van der Waals surface area (Å²) in [5, 5.41) is 0. The monoisotopic (exact) mass is 259 g/mol. The van der Waals surface area contributed by atoms with Gasteiger partial charge >= 0.3 is 0 Å². The van der Waals surface area contributed by atoms with Gasteiger partial charge in [0.2, 0.25) is 11.8 Å². The van der Waals surface area contributed by atoms with E-state index in [4.69, 9.17) is 5.73 Å². The predicted molar refractivity (Wildman–Crippen MR) is 69.8 cm³/mol. The molecule has 0 bridgehead atoms. The zero-order chi connectivity index (χ0) is 12.8. The molecule has 0 spiro atoms. The van der Waals surface area contributed by atoms with Crippen molar-refractivity contribution in [1.82, 2.24) is 9.80 Å². The maximum atomic E-state index is 11.8. The highest BCUT2D eigenvalue weighted by atomic mass is 32.2. The van der Waals surface area contributed by atoms with Gasteiger partial charge in [0, 0.05) is 19.6 Å². The fourth-order valence-electron chi connectivity index (χ4n) is 2.05. The van der Waals surface area contributed by atoms with Gasteiger partial charge in [-0.1, -0.05) is 0 Å². The van der Waals surface area contributed by atoms with E-state index in [0.29, 0.717) is 11.7 Å². The molecule has 1 aliphatic heterocycles. The molecule has 2 amide bonds. The molecule has 1 rings (SSSR count). The standard InChI is InChI=1S/C11H21N3O2S/c1-13(2)5-9-3-4-14(6-9)11(16)8-17-7-10(12)15/h9H,3-8H2,1-2H3,(H2,12,15)/t9-/m0/s1. The number of nitrogens with two attached hydrogens (primary N) is 1. The average Bonchev–Trinajstić information content (AvgIpc) is 2.64. The summed E-state index contributed by atoms with van der Waals surface area (Å²) in [5.41, 5.74) is 5.02. The molecule has 6 heteroatoms. The van der Waals surface area contributed by atoms with Crippen LogP contribution >= 0.6 is 11.8 Å². The van der Waals surface area contributed by atoms with Crippen molar-refractivity contribution < 1.29 is 9.59 Å². The minimum atomic E-state index is -0.366. The Kier molecular flexibility index (Phi) is 5.77. The number of carbonyl (C=O) groups is 2. The van der Waals surface area contributed by atoms with E-state index in [0.717, 1.165) is 26.1 Å². The Labute approximate surface area is 107 Å². The third kappa shape index (κ3) is 5.41. The highest BCUT2D eigenvalue weighted by Gasteiger charge is 2.26. The summed E-state index contributed by atoms with van der Waals surface area (Å²) < 4.78 is 0. The van der Waals surface area contributed by atoms with Crippen LogP contribution in [0, 0.1) is 5.92 Å². The molecule has 2 N–H and O–H groups in total. The second-order valence-electron chi connectivity index (χ2n) is 4.72. The van der Waals surface area contributed by atoms with Crippen molar-refractivity contribution in [2.75, 3.05) is 45.2 Å². The zero-order valence-corrected chi connectivity index (χ0v) is 11.3. The van der Waals surface area contributed by atoms with Crippen LogP contribution in [0.3, 0.4) is 0 Å². The number of carbonyl (C=O) groups excluding carboxylic acids is 2. The molecule has 5 nitrogen and oxygen atoms in total. The van der Waals surface area contributed by atoms with Gasteiger partial charge in [-0.2, -0.15) is 0 Å². The van der Waals surface area contributed by atoms with Crippen molar-refractivity contribution in [2.24, 2.45) is 11.7 Å². The van der Waals surface area contributed by atoms with Crippen LogP contribution in [0.15, 0.2) is 0 Å². The number of amides is 2. The summed E-state index contributed by atoms with van der Waals surface area (Å²) in [6.45, 7) is 2.71. The molecule has 1 saturated heterocycles. The molecule has 1 fully saturated rings. The van der Waals surface area contributed by atoms with Gasteiger partial charge in [-0.15, -0.1) is 11.8 Å². The fraction of sp³-hybridized carbons (Fsp3) is 0.818. The lowest BCUT2D eigenvalue weighted by molar-refractivity contribution is -0.127. The first kappa shape index (κ1) is 14.3. The van der Waals surface area contributed by atoms with E-state index in [1.165, 1.54) is 11.8 Å². The summed E-state index contributed by atoms with van der Waals surface area (Å²) in [6.07, 6.45) is 1.07. The second kappa shape index (κ2) is 6.86. The minimum absolute atomic E-state index is 0.123. The first-order chi connectivity index (χ1) is 7.99. The van der Waals surface area contributed by atoms with Gasteiger partial charge in [-0.05, 0) is 26.4 Å². The average molecular weight is 259 g/mol. The molecule has 0 aromatic carbocycles. The summed E-state index contributed by atoms with van der Waals surface area (Å²) in [7, 11) is 4.10. The Morgan fingerprint density at radius 1 is 1.41 bits per heavy atom. The van der Waals surface area contributed by atoms with E-state index in [2.05, 4.69) is 4.90 Å². The Morgan fingerprint density at radius 3 is 2.71 bits per heavy atom. The van der Waals surface area contributed by atoms with Crippen LogP contribution in [0.1, 0.15) is 6.42 Å². The highest BCUT2D eigenvalue weighted by molar-refractivity contribution is 8.00.